The fourth-order valence-corrected chi connectivity index (χ4v) is 3.03. The number of fused-ring (bicyclic) bond motifs is 1. The number of hydrogen-bond acceptors (Lipinski definition) is 2. The van der Waals surface area contributed by atoms with Crippen molar-refractivity contribution in [3.05, 3.63) is 58.6 Å². The van der Waals surface area contributed by atoms with Gasteiger partial charge in [-0.2, -0.15) is 0 Å². The molecular formula is C17H16ClNO. The van der Waals surface area contributed by atoms with Crippen molar-refractivity contribution < 1.29 is 4.79 Å². The summed E-state index contributed by atoms with van der Waals surface area (Å²) in [6, 6.07) is 14.0. The summed E-state index contributed by atoms with van der Waals surface area (Å²) in [5.41, 5.74) is 4.00. The zero-order valence-corrected chi connectivity index (χ0v) is 11.9. The van der Waals surface area contributed by atoms with Crippen LogP contribution in [0.1, 0.15) is 28.8 Å². The highest BCUT2D eigenvalue weighted by Gasteiger charge is 2.19. The Morgan fingerprint density at radius 1 is 1.00 bits per heavy atom. The lowest BCUT2D eigenvalue weighted by Crippen LogP contribution is -2.19. The first kappa shape index (κ1) is 13.2. The molecule has 0 unspecified atom stereocenters. The Bertz CT molecular complexity index is 639. The third-order valence-electron chi connectivity index (χ3n) is 3.80. The number of nitrogens with zero attached hydrogens (tertiary/aromatic N) is 1. The van der Waals surface area contributed by atoms with Crippen LogP contribution in [0, 0.1) is 0 Å². The van der Waals surface area contributed by atoms with Gasteiger partial charge < -0.3 is 4.90 Å². The lowest BCUT2D eigenvalue weighted by atomic mass is 10.1. The molecule has 102 valence electrons. The molecule has 0 bridgehead atoms. The molecule has 2 aromatic rings. The number of aryl methyl sites for hydroxylation is 1. The highest BCUT2D eigenvalue weighted by molar-refractivity contribution is 6.33. The molecule has 0 amide bonds. The quantitative estimate of drug-likeness (QED) is 0.750. The lowest BCUT2D eigenvalue weighted by Gasteiger charge is -2.26. The van der Waals surface area contributed by atoms with E-state index in [0.717, 1.165) is 31.4 Å². The average molecular weight is 286 g/mol. The molecule has 1 aliphatic rings. The highest BCUT2D eigenvalue weighted by Crippen LogP contribution is 2.35. The first-order valence-corrected chi connectivity index (χ1v) is 7.28. The maximum Gasteiger partial charge on any atom is 0.153 e. The number of benzene rings is 2. The maximum absolute atomic E-state index is 11.4. The summed E-state index contributed by atoms with van der Waals surface area (Å²) in [6.07, 6.45) is 4.22. The number of para-hydroxylation sites is 1. The molecule has 0 atom stereocenters. The molecule has 0 spiro atoms. The minimum absolute atomic E-state index is 0.513. The largest absolute Gasteiger partial charge is 0.341 e. The van der Waals surface area contributed by atoms with Crippen molar-refractivity contribution in [3.8, 4) is 0 Å². The monoisotopic (exact) mass is 285 g/mol. The Balaban J connectivity index is 2.15. The minimum Gasteiger partial charge on any atom is -0.341 e. The van der Waals surface area contributed by atoms with Crippen LogP contribution in [0.4, 0.5) is 11.4 Å². The van der Waals surface area contributed by atoms with Gasteiger partial charge in [0.1, 0.15) is 0 Å². The Morgan fingerprint density at radius 3 is 2.65 bits per heavy atom. The summed E-state index contributed by atoms with van der Waals surface area (Å²) in [6.45, 7) is 0.915. The van der Waals surface area contributed by atoms with E-state index >= 15 is 0 Å². The van der Waals surface area contributed by atoms with Crippen LogP contribution in [0.5, 0.6) is 0 Å². The third-order valence-corrected chi connectivity index (χ3v) is 4.13. The molecule has 1 heterocycles. The molecule has 3 rings (SSSR count). The number of carbonyl (C=O) groups excluding carboxylic acids is 1. The zero-order chi connectivity index (χ0) is 13.9. The van der Waals surface area contributed by atoms with Crippen LogP contribution < -0.4 is 4.90 Å². The van der Waals surface area contributed by atoms with Crippen LogP contribution in [-0.2, 0) is 6.42 Å². The van der Waals surface area contributed by atoms with Gasteiger partial charge in [0.25, 0.3) is 0 Å². The van der Waals surface area contributed by atoms with Crippen molar-refractivity contribution in [2.24, 2.45) is 0 Å². The molecule has 2 aromatic carbocycles. The maximum atomic E-state index is 11.4. The average Bonchev–Trinajstić information content (AvgIpc) is 2.69. The van der Waals surface area contributed by atoms with Gasteiger partial charge in [0.05, 0.1) is 16.3 Å². The van der Waals surface area contributed by atoms with Crippen molar-refractivity contribution in [1.29, 1.82) is 0 Å². The first-order chi connectivity index (χ1) is 9.81. The Labute approximate surface area is 124 Å². The van der Waals surface area contributed by atoms with Crippen LogP contribution in [0.2, 0.25) is 5.02 Å². The number of rotatable bonds is 2. The summed E-state index contributed by atoms with van der Waals surface area (Å²) >= 11 is 6.16. The standard InChI is InChI=1S/C17H16ClNO/c18-15-8-5-10-17(14(15)12-20)19-11-4-3-7-13-6-1-2-9-16(13)19/h1-2,5-6,8-10,12H,3-4,7,11H2. The van der Waals surface area contributed by atoms with E-state index in [4.69, 9.17) is 11.6 Å². The van der Waals surface area contributed by atoms with Crippen molar-refractivity contribution >= 4 is 29.3 Å². The number of carbonyl (C=O) groups is 1. The van der Waals surface area contributed by atoms with Crippen LogP contribution in [0.25, 0.3) is 0 Å². The van der Waals surface area contributed by atoms with Gasteiger partial charge in [0.2, 0.25) is 0 Å². The summed E-state index contributed by atoms with van der Waals surface area (Å²) in [5, 5.41) is 0.513. The minimum atomic E-state index is 0.513. The smallest absolute Gasteiger partial charge is 0.153 e. The summed E-state index contributed by atoms with van der Waals surface area (Å²) < 4.78 is 0. The van der Waals surface area contributed by atoms with Gasteiger partial charge in [-0.15, -0.1) is 0 Å². The summed E-state index contributed by atoms with van der Waals surface area (Å²) in [5.74, 6) is 0. The van der Waals surface area contributed by atoms with E-state index in [1.54, 1.807) is 6.07 Å². The van der Waals surface area contributed by atoms with E-state index < -0.39 is 0 Å². The third kappa shape index (κ3) is 2.32. The second-order valence-electron chi connectivity index (χ2n) is 5.03. The first-order valence-electron chi connectivity index (χ1n) is 6.90. The molecule has 3 heteroatoms. The summed E-state index contributed by atoms with van der Waals surface area (Å²) in [4.78, 5) is 13.6. The van der Waals surface area contributed by atoms with Gasteiger partial charge in [0, 0.05) is 12.2 Å². The van der Waals surface area contributed by atoms with Gasteiger partial charge in [0.15, 0.2) is 6.29 Å². The van der Waals surface area contributed by atoms with Gasteiger partial charge in [-0.25, -0.2) is 0 Å². The van der Waals surface area contributed by atoms with E-state index in [-0.39, 0.29) is 0 Å². The molecule has 0 saturated heterocycles. The van der Waals surface area contributed by atoms with Gasteiger partial charge >= 0.3 is 0 Å². The van der Waals surface area contributed by atoms with E-state index in [9.17, 15) is 4.79 Å². The number of halogens is 1. The zero-order valence-electron chi connectivity index (χ0n) is 11.2. The van der Waals surface area contributed by atoms with E-state index in [2.05, 4.69) is 23.1 Å². The molecular weight excluding hydrogens is 270 g/mol. The topological polar surface area (TPSA) is 20.3 Å². The Hall–Kier alpha value is -1.80. The van der Waals surface area contributed by atoms with Crippen LogP contribution in [-0.4, -0.2) is 12.8 Å². The SMILES string of the molecule is O=Cc1c(Cl)cccc1N1CCCCc2ccccc21. The number of anilines is 2. The molecule has 0 aliphatic carbocycles. The van der Waals surface area contributed by atoms with Gasteiger partial charge in [-0.3, -0.25) is 4.79 Å². The van der Waals surface area contributed by atoms with Crippen molar-refractivity contribution in [2.75, 3.05) is 11.4 Å². The van der Waals surface area contributed by atoms with Gasteiger partial charge in [-0.1, -0.05) is 35.9 Å². The second kappa shape index (κ2) is 5.68. The van der Waals surface area contributed by atoms with E-state index in [1.807, 2.05) is 18.2 Å². The predicted octanol–water partition coefficient (Wildman–Crippen LogP) is 4.63. The van der Waals surface area contributed by atoms with Crippen LogP contribution in [0.15, 0.2) is 42.5 Å². The van der Waals surface area contributed by atoms with Crippen molar-refractivity contribution in [2.45, 2.75) is 19.3 Å². The van der Waals surface area contributed by atoms with E-state index in [1.165, 1.54) is 17.7 Å². The number of hydrogen-bond donors (Lipinski definition) is 0. The van der Waals surface area contributed by atoms with Crippen LogP contribution in [0.3, 0.4) is 0 Å². The molecule has 0 radical (unpaired) electrons. The predicted molar refractivity (Wildman–Crippen MR) is 83.2 cm³/mol. The lowest BCUT2D eigenvalue weighted by molar-refractivity contribution is 0.112. The molecule has 0 N–H and O–H groups in total. The summed E-state index contributed by atoms with van der Waals surface area (Å²) in [7, 11) is 0. The van der Waals surface area contributed by atoms with Crippen molar-refractivity contribution in [1.82, 2.24) is 0 Å². The van der Waals surface area contributed by atoms with Crippen molar-refractivity contribution in [3.63, 3.8) is 0 Å². The number of aldehydes is 1. The Morgan fingerprint density at radius 2 is 1.80 bits per heavy atom. The van der Waals surface area contributed by atoms with E-state index in [0.29, 0.717) is 10.6 Å². The Kier molecular flexibility index (Phi) is 3.75. The second-order valence-corrected chi connectivity index (χ2v) is 5.44. The molecule has 0 aromatic heterocycles. The molecule has 2 nitrogen and oxygen atoms in total. The molecule has 0 fully saturated rings. The fourth-order valence-electron chi connectivity index (χ4n) is 2.82. The normalized spacial score (nSPS) is 14.6. The molecule has 0 saturated carbocycles. The molecule has 1 aliphatic heterocycles. The molecule has 20 heavy (non-hydrogen) atoms. The highest BCUT2D eigenvalue weighted by atomic mass is 35.5. The van der Waals surface area contributed by atoms with Crippen LogP contribution >= 0.6 is 11.6 Å². The fraction of sp³-hybridized carbons (Fsp3) is 0.235. The van der Waals surface area contributed by atoms with Gasteiger partial charge in [-0.05, 0) is 43.0 Å².